The summed E-state index contributed by atoms with van der Waals surface area (Å²) in [6.45, 7) is 2.08. The Hall–Kier alpha value is -2.11. The van der Waals surface area contributed by atoms with E-state index in [2.05, 4.69) is 17.2 Å². The van der Waals surface area contributed by atoms with Gasteiger partial charge in [0.05, 0.1) is 15.6 Å². The lowest BCUT2D eigenvalue weighted by Crippen LogP contribution is -2.19. The van der Waals surface area contributed by atoms with Crippen molar-refractivity contribution in [1.82, 2.24) is 5.32 Å². The molecular formula is C18H14ClFN2OS. The maximum absolute atomic E-state index is 13.8. The molecule has 1 heterocycles. The van der Waals surface area contributed by atoms with Gasteiger partial charge in [-0.1, -0.05) is 36.7 Å². The molecule has 1 aliphatic rings. The standard InChI is InChI=1S/C18H14ClFN2OS/c1-2-11-6-8-12(9-7-11)21-18-22-17(23)16(24-18)10-13-14(19)4-3-5-15(13)20/h3-10H,2H2,1H3,(H,21,22,23)/b16-10-. The fourth-order valence-corrected chi connectivity index (χ4v) is 3.22. The summed E-state index contributed by atoms with van der Waals surface area (Å²) < 4.78 is 13.8. The molecule has 6 heteroatoms. The lowest BCUT2D eigenvalue weighted by Gasteiger charge is -2.00. The number of carbonyl (C=O) groups is 1. The van der Waals surface area contributed by atoms with Crippen LogP contribution in [0.3, 0.4) is 0 Å². The van der Waals surface area contributed by atoms with Crippen molar-refractivity contribution in [3.05, 3.63) is 69.3 Å². The fraction of sp³-hybridized carbons (Fsp3) is 0.111. The van der Waals surface area contributed by atoms with Crippen molar-refractivity contribution in [3.63, 3.8) is 0 Å². The van der Waals surface area contributed by atoms with E-state index in [1.54, 1.807) is 6.07 Å². The predicted octanol–water partition coefficient (Wildman–Crippen LogP) is 4.93. The molecule has 1 amide bonds. The van der Waals surface area contributed by atoms with Crippen LogP contribution < -0.4 is 5.32 Å². The molecule has 24 heavy (non-hydrogen) atoms. The summed E-state index contributed by atoms with van der Waals surface area (Å²) in [5.41, 5.74) is 2.17. The first-order chi connectivity index (χ1) is 11.6. The van der Waals surface area contributed by atoms with Crippen LogP contribution in [0.5, 0.6) is 0 Å². The zero-order valence-corrected chi connectivity index (χ0v) is 14.4. The van der Waals surface area contributed by atoms with Crippen molar-refractivity contribution >= 4 is 46.2 Å². The summed E-state index contributed by atoms with van der Waals surface area (Å²) >= 11 is 7.16. The lowest BCUT2D eigenvalue weighted by atomic mass is 10.2. The Kier molecular flexibility index (Phi) is 5.02. The van der Waals surface area contributed by atoms with Gasteiger partial charge in [-0.25, -0.2) is 9.38 Å². The second kappa shape index (κ2) is 7.20. The number of amides is 1. The SMILES string of the molecule is CCc1ccc(N=C2NC(=O)/C(=C/c3c(F)cccc3Cl)S2)cc1. The van der Waals surface area contributed by atoms with E-state index in [0.29, 0.717) is 10.1 Å². The third-order valence-electron chi connectivity index (χ3n) is 3.50. The molecule has 0 spiro atoms. The number of nitrogens with zero attached hydrogens (tertiary/aromatic N) is 1. The van der Waals surface area contributed by atoms with Gasteiger partial charge in [0.25, 0.3) is 5.91 Å². The Balaban J connectivity index is 1.85. The normalized spacial score (nSPS) is 17.5. The van der Waals surface area contributed by atoms with Crippen molar-refractivity contribution in [2.75, 3.05) is 0 Å². The Morgan fingerprint density at radius 2 is 2.00 bits per heavy atom. The minimum absolute atomic E-state index is 0.199. The number of benzene rings is 2. The zero-order chi connectivity index (χ0) is 17.1. The molecule has 3 nitrogen and oxygen atoms in total. The molecule has 1 saturated heterocycles. The third kappa shape index (κ3) is 3.68. The predicted molar refractivity (Wildman–Crippen MR) is 98.0 cm³/mol. The first-order valence-corrected chi connectivity index (χ1v) is 8.59. The smallest absolute Gasteiger partial charge is 0.264 e. The summed E-state index contributed by atoms with van der Waals surface area (Å²) in [6, 6.07) is 12.2. The summed E-state index contributed by atoms with van der Waals surface area (Å²) in [5.74, 6) is -0.785. The quantitative estimate of drug-likeness (QED) is 0.788. The van der Waals surface area contributed by atoms with Gasteiger partial charge in [0.1, 0.15) is 5.82 Å². The fourth-order valence-electron chi connectivity index (χ4n) is 2.18. The summed E-state index contributed by atoms with van der Waals surface area (Å²) in [5, 5.41) is 3.40. The van der Waals surface area contributed by atoms with Crippen molar-refractivity contribution in [1.29, 1.82) is 0 Å². The number of amidine groups is 1. The second-order valence-electron chi connectivity index (χ2n) is 5.14. The van der Waals surface area contributed by atoms with Gasteiger partial charge in [0.2, 0.25) is 0 Å². The Morgan fingerprint density at radius 1 is 1.25 bits per heavy atom. The minimum Gasteiger partial charge on any atom is -0.300 e. The van der Waals surface area contributed by atoms with Gasteiger partial charge in [0.15, 0.2) is 5.17 Å². The van der Waals surface area contributed by atoms with Crippen LogP contribution in [0.25, 0.3) is 6.08 Å². The number of carbonyl (C=O) groups excluding carboxylic acids is 1. The summed E-state index contributed by atoms with van der Waals surface area (Å²) in [4.78, 5) is 16.8. The van der Waals surface area contributed by atoms with Gasteiger partial charge in [0, 0.05) is 5.56 Å². The van der Waals surface area contributed by atoms with Crippen molar-refractivity contribution in [3.8, 4) is 0 Å². The summed E-state index contributed by atoms with van der Waals surface area (Å²) in [7, 11) is 0. The first kappa shape index (κ1) is 16.7. The van der Waals surface area contributed by atoms with Gasteiger partial charge in [-0.3, -0.25) is 4.79 Å². The monoisotopic (exact) mass is 360 g/mol. The van der Waals surface area contributed by atoms with Crippen LogP contribution in [0.15, 0.2) is 52.4 Å². The number of nitrogens with one attached hydrogen (secondary N) is 1. The summed E-state index contributed by atoms with van der Waals surface area (Å²) in [6.07, 6.45) is 2.40. The molecule has 3 rings (SSSR count). The van der Waals surface area contributed by atoms with E-state index in [9.17, 15) is 9.18 Å². The highest BCUT2D eigenvalue weighted by Gasteiger charge is 2.24. The van der Waals surface area contributed by atoms with Gasteiger partial charge in [-0.15, -0.1) is 0 Å². The number of hydrogen-bond donors (Lipinski definition) is 1. The van der Waals surface area contributed by atoms with E-state index in [1.807, 2.05) is 24.3 Å². The van der Waals surface area contributed by atoms with Crippen LogP contribution in [0.4, 0.5) is 10.1 Å². The van der Waals surface area contributed by atoms with Crippen LogP contribution in [0.2, 0.25) is 5.02 Å². The molecule has 0 aliphatic carbocycles. The van der Waals surface area contributed by atoms with Crippen LogP contribution in [0, 0.1) is 5.82 Å². The van der Waals surface area contributed by atoms with Crippen molar-refractivity contribution in [2.45, 2.75) is 13.3 Å². The largest absolute Gasteiger partial charge is 0.300 e. The van der Waals surface area contributed by atoms with Gasteiger partial charge < -0.3 is 5.32 Å². The Morgan fingerprint density at radius 3 is 2.67 bits per heavy atom. The van der Waals surface area contributed by atoms with E-state index < -0.39 is 5.82 Å². The number of rotatable bonds is 3. The Bertz CT molecular complexity index is 826. The van der Waals surface area contributed by atoms with Crippen LogP contribution in [-0.2, 0) is 11.2 Å². The van der Waals surface area contributed by atoms with E-state index >= 15 is 0 Å². The van der Waals surface area contributed by atoms with Crippen LogP contribution in [-0.4, -0.2) is 11.1 Å². The molecule has 0 unspecified atom stereocenters. The molecule has 0 atom stereocenters. The average Bonchev–Trinajstić information content (AvgIpc) is 2.91. The number of aliphatic imine (C=N–C) groups is 1. The molecular weight excluding hydrogens is 347 g/mol. The molecule has 2 aromatic carbocycles. The topological polar surface area (TPSA) is 41.5 Å². The highest BCUT2D eigenvalue weighted by atomic mass is 35.5. The van der Waals surface area contributed by atoms with Crippen molar-refractivity contribution in [2.24, 2.45) is 4.99 Å². The number of hydrogen-bond acceptors (Lipinski definition) is 3. The van der Waals surface area contributed by atoms with Crippen LogP contribution >= 0.6 is 23.4 Å². The highest BCUT2D eigenvalue weighted by Crippen LogP contribution is 2.30. The highest BCUT2D eigenvalue weighted by molar-refractivity contribution is 8.18. The zero-order valence-electron chi connectivity index (χ0n) is 12.8. The third-order valence-corrected chi connectivity index (χ3v) is 4.74. The van der Waals surface area contributed by atoms with Crippen LogP contribution in [0.1, 0.15) is 18.1 Å². The molecule has 1 N–H and O–H groups in total. The average molecular weight is 361 g/mol. The molecule has 1 aliphatic heterocycles. The van der Waals surface area contributed by atoms with Gasteiger partial charge >= 0.3 is 0 Å². The molecule has 0 aromatic heterocycles. The molecule has 0 radical (unpaired) electrons. The number of halogens is 2. The van der Waals surface area contributed by atoms with E-state index in [4.69, 9.17) is 11.6 Å². The molecule has 1 fully saturated rings. The van der Waals surface area contributed by atoms with Gasteiger partial charge in [-0.2, -0.15) is 0 Å². The maximum atomic E-state index is 13.8. The number of thioether (sulfide) groups is 1. The number of aryl methyl sites for hydroxylation is 1. The lowest BCUT2D eigenvalue weighted by molar-refractivity contribution is -0.115. The van der Waals surface area contributed by atoms with E-state index in [-0.39, 0.29) is 16.5 Å². The van der Waals surface area contributed by atoms with E-state index in [0.717, 1.165) is 23.9 Å². The minimum atomic E-state index is -0.469. The molecule has 0 bridgehead atoms. The Labute approximate surface area is 148 Å². The molecule has 122 valence electrons. The maximum Gasteiger partial charge on any atom is 0.264 e. The second-order valence-corrected chi connectivity index (χ2v) is 6.57. The molecule has 2 aromatic rings. The van der Waals surface area contributed by atoms with Crippen molar-refractivity contribution < 1.29 is 9.18 Å². The molecule has 0 saturated carbocycles. The van der Waals surface area contributed by atoms with E-state index in [1.165, 1.54) is 23.8 Å². The first-order valence-electron chi connectivity index (χ1n) is 7.39. The van der Waals surface area contributed by atoms with Gasteiger partial charge in [-0.05, 0) is 54.1 Å².